The SMILES string of the molecule is CCCCCCCCCC[N-]CCCCCCCCCC.CCCCCCCCCC[N-]CCCCCCCCCC.F.[Nd]. The van der Waals surface area contributed by atoms with E-state index in [4.69, 9.17) is 0 Å². The summed E-state index contributed by atoms with van der Waals surface area (Å²) >= 11 is 0. The fourth-order valence-corrected chi connectivity index (χ4v) is 5.65. The van der Waals surface area contributed by atoms with Crippen LogP contribution in [0.5, 0.6) is 0 Å². The van der Waals surface area contributed by atoms with Gasteiger partial charge in [0.25, 0.3) is 0 Å². The number of nitrogens with zero attached hydrogens (tertiary/aromatic N) is 2. The molecule has 0 N–H and O–H groups in total. The van der Waals surface area contributed by atoms with E-state index in [-0.39, 0.29) is 45.5 Å². The quantitative estimate of drug-likeness (QED) is 0.0570. The van der Waals surface area contributed by atoms with Gasteiger partial charge in [0.2, 0.25) is 0 Å². The van der Waals surface area contributed by atoms with Crippen LogP contribution in [0.2, 0.25) is 0 Å². The average molecular weight is 757 g/mol. The van der Waals surface area contributed by atoms with Crippen LogP contribution in [0.15, 0.2) is 0 Å². The van der Waals surface area contributed by atoms with E-state index in [9.17, 15) is 0 Å². The largest absolute Gasteiger partial charge is 0.662 e. The Hall–Kier alpha value is 1.20. The van der Waals surface area contributed by atoms with Gasteiger partial charge in [-0.05, 0) is 0 Å². The molecular weight excluding hydrogens is 672 g/mol. The van der Waals surface area contributed by atoms with Gasteiger partial charge < -0.3 is 10.6 Å². The number of hydrogen-bond donors (Lipinski definition) is 0. The van der Waals surface area contributed by atoms with Crippen LogP contribution in [-0.4, -0.2) is 26.2 Å². The Morgan fingerprint density at radius 3 is 0.523 bits per heavy atom. The van der Waals surface area contributed by atoms with E-state index in [1.165, 1.54) is 205 Å². The Morgan fingerprint density at radius 1 is 0.227 bits per heavy atom. The molecule has 4 heteroatoms. The van der Waals surface area contributed by atoms with Gasteiger partial charge in [0.1, 0.15) is 0 Å². The molecule has 0 spiro atoms. The zero-order chi connectivity index (χ0) is 30.9. The van der Waals surface area contributed by atoms with Crippen molar-refractivity contribution in [3.63, 3.8) is 0 Å². The van der Waals surface area contributed by atoms with Gasteiger partial charge in [-0.25, -0.2) is 0 Å². The van der Waals surface area contributed by atoms with Crippen LogP contribution in [0.1, 0.15) is 233 Å². The Kier molecular flexibility index (Phi) is 63.5. The first-order valence-electron chi connectivity index (χ1n) is 20.1. The van der Waals surface area contributed by atoms with Gasteiger partial charge in [0, 0.05) is 40.8 Å². The van der Waals surface area contributed by atoms with Crippen molar-refractivity contribution in [3.8, 4) is 0 Å². The zero-order valence-corrected chi connectivity index (χ0v) is 34.5. The molecule has 0 aromatic rings. The van der Waals surface area contributed by atoms with Crippen molar-refractivity contribution in [2.24, 2.45) is 0 Å². The number of hydrogen-bond acceptors (Lipinski definition) is 0. The maximum Gasteiger partial charge on any atom is 0 e. The summed E-state index contributed by atoms with van der Waals surface area (Å²) in [6.45, 7) is 13.6. The molecule has 0 aromatic heterocycles. The maximum atomic E-state index is 4.67. The number of halogens is 1. The molecule has 0 unspecified atom stereocenters. The molecule has 268 valence electrons. The minimum absolute atomic E-state index is 0. The minimum Gasteiger partial charge on any atom is -0.662 e. The van der Waals surface area contributed by atoms with Crippen LogP contribution < -0.4 is 0 Å². The molecular formula is C40H85FN2Nd-2. The monoisotopic (exact) mass is 755 g/mol. The van der Waals surface area contributed by atoms with Crippen LogP contribution in [0.25, 0.3) is 10.6 Å². The summed E-state index contributed by atoms with van der Waals surface area (Å²) in [7, 11) is 0. The second kappa shape index (κ2) is 53.7. The molecule has 0 atom stereocenters. The van der Waals surface area contributed by atoms with Crippen molar-refractivity contribution in [1.82, 2.24) is 0 Å². The van der Waals surface area contributed by atoms with E-state index in [0.29, 0.717) is 0 Å². The fraction of sp³-hybridized carbons (Fsp3) is 1.00. The van der Waals surface area contributed by atoms with Crippen molar-refractivity contribution in [1.29, 1.82) is 0 Å². The molecule has 0 amide bonds. The predicted molar refractivity (Wildman–Crippen MR) is 199 cm³/mol. The molecule has 0 aliphatic heterocycles. The molecule has 0 heterocycles. The third-order valence-electron chi connectivity index (χ3n) is 8.68. The summed E-state index contributed by atoms with van der Waals surface area (Å²) in [5.41, 5.74) is 0. The summed E-state index contributed by atoms with van der Waals surface area (Å²) < 4.78 is 0. The molecule has 0 aromatic carbocycles. The van der Waals surface area contributed by atoms with Gasteiger partial charge >= 0.3 is 0 Å². The Labute approximate surface area is 313 Å². The van der Waals surface area contributed by atoms with E-state index in [1.807, 2.05) is 0 Å². The molecule has 0 bridgehead atoms. The topological polar surface area (TPSA) is 28.2 Å². The Bertz CT molecular complexity index is 350. The summed E-state index contributed by atoms with van der Waals surface area (Å²) in [4.78, 5) is 0. The van der Waals surface area contributed by atoms with E-state index in [2.05, 4.69) is 38.3 Å². The number of unbranched alkanes of at least 4 members (excludes halogenated alkanes) is 28. The van der Waals surface area contributed by atoms with Gasteiger partial charge in [0.05, 0.1) is 0 Å². The first kappa shape index (κ1) is 52.0. The number of rotatable bonds is 36. The molecule has 44 heavy (non-hydrogen) atoms. The van der Waals surface area contributed by atoms with E-state index in [1.54, 1.807) is 0 Å². The smallest absolute Gasteiger partial charge is 0 e. The van der Waals surface area contributed by atoms with Gasteiger partial charge in [0.15, 0.2) is 0 Å². The van der Waals surface area contributed by atoms with Gasteiger partial charge in [-0.1, -0.05) is 233 Å². The molecule has 0 saturated carbocycles. The van der Waals surface area contributed by atoms with Gasteiger partial charge in [-0.2, -0.15) is 0 Å². The summed E-state index contributed by atoms with van der Waals surface area (Å²) in [6.07, 6.45) is 45.1. The minimum atomic E-state index is 0. The van der Waals surface area contributed by atoms with Crippen molar-refractivity contribution >= 4 is 0 Å². The van der Waals surface area contributed by atoms with Crippen LogP contribution in [0, 0.1) is 40.8 Å². The standard InChI is InChI=1S/2C20H42N.FH.Nd/c2*1-3-5-7-9-11-13-15-17-19-21-20-18-16-14-12-10-8-6-4-2;;/h2*3-20H2,1-2H3;1H;/q2*-1;;. The summed E-state index contributed by atoms with van der Waals surface area (Å²) in [5, 5.41) is 9.33. The molecule has 0 aliphatic carbocycles. The Morgan fingerprint density at radius 2 is 0.364 bits per heavy atom. The second-order valence-corrected chi connectivity index (χ2v) is 13.2. The van der Waals surface area contributed by atoms with Gasteiger partial charge in [-0.15, -0.1) is 26.2 Å². The fourth-order valence-electron chi connectivity index (χ4n) is 5.65. The maximum absolute atomic E-state index is 4.67. The van der Waals surface area contributed by atoms with Crippen molar-refractivity contribution in [3.05, 3.63) is 10.6 Å². The normalized spacial score (nSPS) is 10.6. The van der Waals surface area contributed by atoms with Crippen LogP contribution in [0.3, 0.4) is 0 Å². The zero-order valence-electron chi connectivity index (χ0n) is 31.3. The van der Waals surface area contributed by atoms with Gasteiger partial charge in [-0.3, -0.25) is 4.70 Å². The van der Waals surface area contributed by atoms with Crippen molar-refractivity contribution in [2.75, 3.05) is 26.2 Å². The first-order chi connectivity index (χ1) is 20.8. The predicted octanol–water partition coefficient (Wildman–Crippen LogP) is 15.4. The summed E-state index contributed by atoms with van der Waals surface area (Å²) in [6, 6.07) is 0. The molecule has 0 radical (unpaired) electrons. The van der Waals surface area contributed by atoms with E-state index in [0.717, 1.165) is 26.2 Å². The molecule has 0 saturated heterocycles. The molecule has 0 aliphatic rings. The van der Waals surface area contributed by atoms with E-state index < -0.39 is 0 Å². The Balaban J connectivity index is -0.000000348. The molecule has 2 nitrogen and oxygen atoms in total. The molecule has 0 rings (SSSR count). The summed E-state index contributed by atoms with van der Waals surface area (Å²) in [5.74, 6) is 0. The van der Waals surface area contributed by atoms with Crippen molar-refractivity contribution in [2.45, 2.75) is 233 Å². The van der Waals surface area contributed by atoms with Crippen molar-refractivity contribution < 1.29 is 45.5 Å². The molecule has 0 fully saturated rings. The third-order valence-corrected chi connectivity index (χ3v) is 8.68. The second-order valence-electron chi connectivity index (χ2n) is 13.2. The van der Waals surface area contributed by atoms with Crippen LogP contribution >= 0.6 is 0 Å². The third kappa shape index (κ3) is 55.6. The first-order valence-corrected chi connectivity index (χ1v) is 20.1. The van der Waals surface area contributed by atoms with E-state index >= 15 is 0 Å². The van der Waals surface area contributed by atoms with Crippen LogP contribution in [0.4, 0.5) is 4.70 Å². The van der Waals surface area contributed by atoms with Crippen LogP contribution in [-0.2, 0) is 0 Å². The average Bonchev–Trinajstić information content (AvgIpc) is 3.00.